The number of alkyl carbamates (subject to hydrolysis) is 1. The average molecular weight is 415 g/mol. The summed E-state index contributed by atoms with van der Waals surface area (Å²) in [6.07, 6.45) is -0.576. The maximum absolute atomic E-state index is 12.8. The molecular weight excluding hydrogens is 390 g/mol. The van der Waals surface area contributed by atoms with Gasteiger partial charge in [0, 0.05) is 26.2 Å². The number of ether oxygens (including phenoxy) is 3. The Bertz CT molecular complexity index is 792. The Morgan fingerprint density at radius 2 is 1.86 bits per heavy atom. The van der Waals surface area contributed by atoms with Crippen molar-refractivity contribution in [3.8, 4) is 5.75 Å². The number of carbonyl (C=O) groups excluding carboxylic acids is 2. The Labute approximate surface area is 164 Å². The molecule has 0 radical (unpaired) electrons. The molecule has 10 nitrogen and oxygen atoms in total. The topological polar surface area (TPSA) is 123 Å². The van der Waals surface area contributed by atoms with Crippen LogP contribution < -0.4 is 15.4 Å². The van der Waals surface area contributed by atoms with Crippen LogP contribution >= 0.6 is 0 Å². The van der Waals surface area contributed by atoms with Crippen LogP contribution in [-0.4, -0.2) is 77.8 Å². The van der Waals surface area contributed by atoms with Crippen molar-refractivity contribution in [3.63, 3.8) is 0 Å². The average Bonchev–Trinajstić information content (AvgIpc) is 2.71. The lowest BCUT2D eigenvalue weighted by molar-refractivity contribution is 0.0730. The zero-order chi connectivity index (χ0) is 20.6. The summed E-state index contributed by atoms with van der Waals surface area (Å²) in [5.74, 6) is -0.265. The predicted molar refractivity (Wildman–Crippen MR) is 99.9 cm³/mol. The summed E-state index contributed by atoms with van der Waals surface area (Å²) in [7, 11) is -2.35. The SMILES string of the molecule is CCOC(=O)NCCNC(=O)c1cc(S(=O)(=O)N2CCOCC2)ccc1OC. The first-order valence-corrected chi connectivity index (χ1v) is 10.3. The Kier molecular flexibility index (Phi) is 8.03. The Morgan fingerprint density at radius 3 is 2.50 bits per heavy atom. The molecular formula is C17H25N3O7S. The highest BCUT2D eigenvalue weighted by atomic mass is 32.2. The van der Waals surface area contributed by atoms with Crippen molar-refractivity contribution >= 4 is 22.0 Å². The lowest BCUT2D eigenvalue weighted by atomic mass is 10.2. The van der Waals surface area contributed by atoms with Gasteiger partial charge in [0.25, 0.3) is 5.91 Å². The molecule has 1 aromatic rings. The van der Waals surface area contributed by atoms with E-state index in [2.05, 4.69) is 10.6 Å². The van der Waals surface area contributed by atoms with E-state index < -0.39 is 22.0 Å². The van der Waals surface area contributed by atoms with E-state index in [0.717, 1.165) is 0 Å². The normalized spacial score (nSPS) is 14.9. The molecule has 0 atom stereocenters. The van der Waals surface area contributed by atoms with Gasteiger partial charge in [0.15, 0.2) is 0 Å². The smallest absolute Gasteiger partial charge is 0.407 e. The van der Waals surface area contributed by atoms with E-state index in [1.54, 1.807) is 6.92 Å². The van der Waals surface area contributed by atoms with Gasteiger partial charge in [0.2, 0.25) is 10.0 Å². The van der Waals surface area contributed by atoms with Gasteiger partial charge in [-0.15, -0.1) is 0 Å². The van der Waals surface area contributed by atoms with Gasteiger partial charge in [-0.1, -0.05) is 0 Å². The van der Waals surface area contributed by atoms with E-state index in [4.69, 9.17) is 14.2 Å². The van der Waals surface area contributed by atoms with Gasteiger partial charge in [-0.05, 0) is 25.1 Å². The van der Waals surface area contributed by atoms with Crippen LogP contribution in [0.4, 0.5) is 4.79 Å². The monoisotopic (exact) mass is 415 g/mol. The summed E-state index contributed by atoms with van der Waals surface area (Å²) in [5, 5.41) is 5.09. The Balaban J connectivity index is 2.09. The number of nitrogens with one attached hydrogen (secondary N) is 2. The lowest BCUT2D eigenvalue weighted by Gasteiger charge is -2.26. The predicted octanol–water partition coefficient (Wildman–Crippen LogP) is 0.192. The summed E-state index contributed by atoms with van der Waals surface area (Å²) < 4.78 is 42.0. The number of carbonyl (C=O) groups is 2. The molecule has 0 aliphatic carbocycles. The van der Waals surface area contributed by atoms with Gasteiger partial charge in [-0.25, -0.2) is 13.2 Å². The summed E-state index contributed by atoms with van der Waals surface area (Å²) in [4.78, 5) is 23.7. The molecule has 0 saturated carbocycles. The van der Waals surface area contributed by atoms with Crippen molar-refractivity contribution in [2.24, 2.45) is 0 Å². The third-order valence-corrected chi connectivity index (χ3v) is 5.87. The minimum absolute atomic E-state index is 0.00463. The number of nitrogens with zero attached hydrogens (tertiary/aromatic N) is 1. The molecule has 0 aromatic heterocycles. The van der Waals surface area contributed by atoms with Crippen molar-refractivity contribution in [3.05, 3.63) is 23.8 Å². The van der Waals surface area contributed by atoms with E-state index in [1.807, 2.05) is 0 Å². The standard InChI is InChI=1S/C17H25N3O7S/c1-3-27-17(22)19-7-6-18-16(21)14-12-13(4-5-15(14)25-2)28(23,24)20-8-10-26-11-9-20/h4-5,12H,3,6-11H2,1-2H3,(H,18,21)(H,19,22). The van der Waals surface area contributed by atoms with Gasteiger partial charge in [-0.3, -0.25) is 4.79 Å². The maximum Gasteiger partial charge on any atom is 0.407 e. The first kappa shape index (κ1) is 21.9. The highest BCUT2D eigenvalue weighted by Crippen LogP contribution is 2.25. The largest absolute Gasteiger partial charge is 0.496 e. The Morgan fingerprint density at radius 1 is 1.18 bits per heavy atom. The number of hydrogen-bond donors (Lipinski definition) is 2. The van der Waals surface area contributed by atoms with Crippen LogP contribution in [0.5, 0.6) is 5.75 Å². The van der Waals surface area contributed by atoms with Gasteiger partial charge in [0.1, 0.15) is 5.75 Å². The van der Waals surface area contributed by atoms with Crippen LogP contribution in [0.2, 0.25) is 0 Å². The van der Waals surface area contributed by atoms with Gasteiger partial charge in [0.05, 0.1) is 37.4 Å². The fourth-order valence-corrected chi connectivity index (χ4v) is 4.01. The second kappa shape index (κ2) is 10.2. The highest BCUT2D eigenvalue weighted by Gasteiger charge is 2.28. The fourth-order valence-electron chi connectivity index (χ4n) is 2.58. The van der Waals surface area contributed by atoms with E-state index in [9.17, 15) is 18.0 Å². The number of amides is 2. The van der Waals surface area contributed by atoms with Crippen molar-refractivity contribution in [2.75, 3.05) is 53.1 Å². The number of methoxy groups -OCH3 is 1. The fraction of sp³-hybridized carbons (Fsp3) is 0.529. The summed E-state index contributed by atoms with van der Waals surface area (Å²) in [6.45, 7) is 3.42. The molecule has 1 fully saturated rings. The maximum atomic E-state index is 12.8. The highest BCUT2D eigenvalue weighted by molar-refractivity contribution is 7.89. The van der Waals surface area contributed by atoms with Crippen molar-refractivity contribution in [1.29, 1.82) is 0 Å². The van der Waals surface area contributed by atoms with E-state index in [0.29, 0.717) is 13.2 Å². The van der Waals surface area contributed by atoms with Crippen LogP contribution in [0.15, 0.2) is 23.1 Å². The minimum atomic E-state index is -3.74. The molecule has 28 heavy (non-hydrogen) atoms. The van der Waals surface area contributed by atoms with Gasteiger partial charge < -0.3 is 24.8 Å². The van der Waals surface area contributed by atoms with Gasteiger partial charge in [-0.2, -0.15) is 4.31 Å². The van der Waals surface area contributed by atoms with Crippen LogP contribution in [0, 0.1) is 0 Å². The van der Waals surface area contributed by atoms with Gasteiger partial charge >= 0.3 is 6.09 Å². The van der Waals surface area contributed by atoms with Crippen LogP contribution in [0.1, 0.15) is 17.3 Å². The van der Waals surface area contributed by atoms with Crippen LogP contribution in [-0.2, 0) is 19.5 Å². The molecule has 0 spiro atoms. The molecule has 2 N–H and O–H groups in total. The molecule has 1 saturated heterocycles. The second-order valence-electron chi connectivity index (χ2n) is 5.78. The molecule has 0 unspecified atom stereocenters. The molecule has 1 heterocycles. The van der Waals surface area contributed by atoms with E-state index in [-0.39, 0.29) is 49.0 Å². The zero-order valence-electron chi connectivity index (χ0n) is 15.9. The molecule has 11 heteroatoms. The van der Waals surface area contributed by atoms with Crippen molar-refractivity contribution < 1.29 is 32.2 Å². The third-order valence-electron chi connectivity index (χ3n) is 3.98. The van der Waals surface area contributed by atoms with Crippen LogP contribution in [0.3, 0.4) is 0 Å². The first-order chi connectivity index (χ1) is 13.4. The molecule has 2 rings (SSSR count). The third kappa shape index (κ3) is 5.57. The summed E-state index contributed by atoms with van der Waals surface area (Å²) in [6, 6.07) is 4.14. The first-order valence-electron chi connectivity index (χ1n) is 8.85. The van der Waals surface area contributed by atoms with Crippen molar-refractivity contribution in [1.82, 2.24) is 14.9 Å². The second-order valence-corrected chi connectivity index (χ2v) is 7.72. The molecule has 1 aromatic carbocycles. The molecule has 156 valence electrons. The number of benzene rings is 1. The molecule has 2 amide bonds. The number of morpholine rings is 1. The molecule has 1 aliphatic heterocycles. The number of hydrogen-bond acceptors (Lipinski definition) is 7. The molecule has 0 bridgehead atoms. The number of sulfonamides is 1. The Hall–Kier alpha value is -2.37. The number of rotatable bonds is 8. The summed E-state index contributed by atoms with van der Waals surface area (Å²) in [5.41, 5.74) is 0.0907. The summed E-state index contributed by atoms with van der Waals surface area (Å²) >= 11 is 0. The minimum Gasteiger partial charge on any atom is -0.496 e. The lowest BCUT2D eigenvalue weighted by Crippen LogP contribution is -2.40. The quantitative estimate of drug-likeness (QED) is 0.581. The van der Waals surface area contributed by atoms with Crippen LogP contribution in [0.25, 0.3) is 0 Å². The van der Waals surface area contributed by atoms with Crippen molar-refractivity contribution in [2.45, 2.75) is 11.8 Å². The zero-order valence-corrected chi connectivity index (χ0v) is 16.7. The van der Waals surface area contributed by atoms with E-state index >= 15 is 0 Å². The van der Waals surface area contributed by atoms with E-state index in [1.165, 1.54) is 29.6 Å². The molecule has 1 aliphatic rings.